The summed E-state index contributed by atoms with van der Waals surface area (Å²) in [7, 11) is -2.50. The number of hydrogen-bond acceptors (Lipinski definition) is 4. The summed E-state index contributed by atoms with van der Waals surface area (Å²) in [5.74, 6) is -1.03. The minimum Gasteiger partial charge on any atom is -0.405 e. The molecule has 0 saturated heterocycles. The molecule has 0 fully saturated rings. The van der Waals surface area contributed by atoms with E-state index in [2.05, 4.69) is 4.98 Å². The maximum absolute atomic E-state index is 14.2. The second-order valence-electron chi connectivity index (χ2n) is 5.30. The van der Waals surface area contributed by atoms with Crippen molar-refractivity contribution in [3.05, 3.63) is 47.5 Å². The number of nitrogens with zero attached hydrogens (tertiary/aromatic N) is 2. The molecule has 2 heterocycles. The Hall–Kier alpha value is -1.50. The third-order valence-corrected chi connectivity index (χ3v) is 4.60. The number of anilines is 1. The maximum Gasteiger partial charge on any atom is 0.416 e. The van der Waals surface area contributed by atoms with Gasteiger partial charge in [0.2, 0.25) is 0 Å². The molecule has 4 nitrogen and oxygen atoms in total. The molecule has 0 N–H and O–H groups in total. The van der Waals surface area contributed by atoms with Crippen LogP contribution in [0.3, 0.4) is 0 Å². The average Bonchev–Trinajstić information content (AvgIpc) is 2.52. The minimum atomic E-state index is -4.63. The first-order chi connectivity index (χ1) is 11.3. The number of pyridine rings is 1. The first kappa shape index (κ1) is 19.8. The van der Waals surface area contributed by atoms with Crippen LogP contribution in [0.25, 0.3) is 11.1 Å². The molecule has 0 bridgehead atoms. The molecular formula is C15H11F4N2O2ReS-. The van der Waals surface area contributed by atoms with E-state index >= 15 is 0 Å². The zero-order valence-corrected chi connectivity index (χ0v) is 16.0. The fraction of sp³-hybridized carbons (Fsp3) is 0.267. The number of alkyl halides is 3. The Labute approximate surface area is 156 Å². The van der Waals surface area contributed by atoms with Gasteiger partial charge in [-0.05, 0) is 30.5 Å². The molecule has 0 spiro atoms. The zero-order chi connectivity index (χ0) is 17.5. The van der Waals surface area contributed by atoms with Crippen LogP contribution < -0.4 is 4.31 Å². The van der Waals surface area contributed by atoms with E-state index in [1.54, 1.807) is 0 Å². The van der Waals surface area contributed by atoms with Gasteiger partial charge >= 0.3 is 6.18 Å². The van der Waals surface area contributed by atoms with Gasteiger partial charge in [0.25, 0.3) is 0 Å². The van der Waals surface area contributed by atoms with Crippen LogP contribution in [-0.4, -0.2) is 11.5 Å². The Bertz CT molecular complexity index is 863. The van der Waals surface area contributed by atoms with Gasteiger partial charge in [-0.25, -0.2) is 4.39 Å². The molecule has 2 aromatic rings. The largest absolute Gasteiger partial charge is 0.416 e. The topological polar surface area (TPSA) is 50.3 Å². The van der Waals surface area contributed by atoms with Crippen molar-refractivity contribution in [1.82, 2.24) is 4.98 Å². The second kappa shape index (κ2) is 7.40. The summed E-state index contributed by atoms with van der Waals surface area (Å²) >= 11 is 0. The molecule has 1 radical (unpaired) electrons. The fourth-order valence-electron chi connectivity index (χ4n) is 2.77. The van der Waals surface area contributed by atoms with Crippen molar-refractivity contribution in [1.29, 1.82) is 0 Å². The molecule has 0 amide bonds. The Morgan fingerprint density at radius 2 is 1.84 bits per heavy atom. The van der Waals surface area contributed by atoms with Gasteiger partial charge in [-0.15, -0.1) is 0 Å². The van der Waals surface area contributed by atoms with Crippen LogP contribution in [0.2, 0.25) is 0 Å². The van der Waals surface area contributed by atoms with E-state index in [1.807, 2.05) is 0 Å². The molecule has 0 aliphatic carbocycles. The first-order valence-electron chi connectivity index (χ1n) is 7.00. The monoisotopic (exact) mass is 546 g/mol. The number of benzene rings is 1. The fourth-order valence-corrected chi connectivity index (χ4v) is 3.37. The molecule has 25 heavy (non-hydrogen) atoms. The summed E-state index contributed by atoms with van der Waals surface area (Å²) in [5, 5.41) is 0. The van der Waals surface area contributed by atoms with Gasteiger partial charge in [-0.1, -0.05) is 6.07 Å². The summed E-state index contributed by atoms with van der Waals surface area (Å²) in [5.41, 5.74) is 0.0639. The average molecular weight is 546 g/mol. The predicted octanol–water partition coefficient (Wildman–Crippen LogP) is 3.88. The smallest absolute Gasteiger partial charge is 0.405 e. The van der Waals surface area contributed by atoms with Crippen LogP contribution in [0, 0.1) is 5.82 Å². The van der Waals surface area contributed by atoms with E-state index in [9.17, 15) is 26.0 Å². The SMILES string of the molecule is O=[S-](=O)N1CCCc2c(-c3ccc(C(F)(F)F)cc3F)cncc21.[Re]. The minimum absolute atomic E-state index is 0. The number of rotatable bonds is 2. The third kappa shape index (κ3) is 3.86. The van der Waals surface area contributed by atoms with Crippen molar-refractivity contribution in [2.24, 2.45) is 0 Å². The Morgan fingerprint density at radius 1 is 1.12 bits per heavy atom. The zero-order valence-electron chi connectivity index (χ0n) is 12.5. The van der Waals surface area contributed by atoms with Crippen molar-refractivity contribution < 1.29 is 46.4 Å². The van der Waals surface area contributed by atoms with Crippen LogP contribution in [0.1, 0.15) is 17.5 Å². The molecular weight excluding hydrogens is 534 g/mol. The summed E-state index contributed by atoms with van der Waals surface area (Å²) in [6.07, 6.45) is -0.927. The van der Waals surface area contributed by atoms with Gasteiger partial charge in [0, 0.05) is 67.1 Å². The van der Waals surface area contributed by atoms with Crippen LogP contribution in [0.15, 0.2) is 30.6 Å². The molecule has 1 aromatic heterocycles. The Kier molecular flexibility index (Phi) is 5.87. The molecule has 10 heteroatoms. The molecule has 1 aliphatic heterocycles. The van der Waals surface area contributed by atoms with Crippen LogP contribution in [0.4, 0.5) is 23.2 Å². The van der Waals surface area contributed by atoms with Gasteiger partial charge in [0.15, 0.2) is 0 Å². The van der Waals surface area contributed by atoms with E-state index in [-0.39, 0.29) is 32.5 Å². The summed E-state index contributed by atoms with van der Waals surface area (Å²) in [6.45, 7) is 0.281. The Morgan fingerprint density at radius 3 is 2.44 bits per heavy atom. The number of aromatic nitrogens is 1. The second-order valence-corrected chi connectivity index (χ2v) is 6.17. The third-order valence-electron chi connectivity index (χ3n) is 3.86. The van der Waals surface area contributed by atoms with Crippen LogP contribution in [0.5, 0.6) is 0 Å². The maximum atomic E-state index is 14.2. The van der Waals surface area contributed by atoms with E-state index in [1.165, 1.54) is 12.4 Å². The predicted molar refractivity (Wildman–Crippen MR) is 79.0 cm³/mol. The molecule has 0 unspecified atom stereocenters. The van der Waals surface area contributed by atoms with Gasteiger partial charge in [-0.3, -0.25) is 4.98 Å². The number of halogens is 4. The van der Waals surface area contributed by atoms with Crippen molar-refractivity contribution in [3.8, 4) is 11.1 Å². The number of hydrogen-bond donors (Lipinski definition) is 0. The molecule has 3 rings (SSSR count). The molecule has 1 aromatic carbocycles. The standard InChI is InChI=1S/C15H11F4N2O2S.Re/c16-13-6-9(15(17,18)19)3-4-10(13)12-7-20-8-14-11(12)2-1-5-21(14)24(22)23;/h3-4,6-8H,1-2,5H2;/q-1;. The first-order valence-corrected chi connectivity index (χ1v) is 8.03. The summed E-state index contributed by atoms with van der Waals surface area (Å²) < 4.78 is 75.9. The molecule has 135 valence electrons. The van der Waals surface area contributed by atoms with Gasteiger partial charge in [0.1, 0.15) is 5.82 Å². The van der Waals surface area contributed by atoms with Crippen molar-refractivity contribution in [2.75, 3.05) is 10.8 Å². The van der Waals surface area contributed by atoms with E-state index in [0.29, 0.717) is 35.7 Å². The quantitative estimate of drug-likeness (QED) is 0.425. The molecule has 0 atom stereocenters. The van der Waals surface area contributed by atoms with Crippen molar-refractivity contribution in [3.63, 3.8) is 0 Å². The van der Waals surface area contributed by atoms with Crippen LogP contribution in [-0.2, 0) is 52.3 Å². The molecule has 1 aliphatic rings. The Balaban J connectivity index is 0.00000225. The summed E-state index contributed by atoms with van der Waals surface area (Å²) in [4.78, 5) is 3.92. The molecule has 0 saturated carbocycles. The van der Waals surface area contributed by atoms with Gasteiger partial charge < -0.3 is 12.7 Å². The van der Waals surface area contributed by atoms with Gasteiger partial charge in [-0.2, -0.15) is 13.2 Å². The summed E-state index contributed by atoms with van der Waals surface area (Å²) in [6, 6.07) is 2.27. The van der Waals surface area contributed by atoms with Crippen LogP contribution >= 0.6 is 0 Å². The van der Waals surface area contributed by atoms with Crippen molar-refractivity contribution >= 4 is 16.6 Å². The van der Waals surface area contributed by atoms with E-state index in [4.69, 9.17) is 0 Å². The van der Waals surface area contributed by atoms with E-state index < -0.39 is 28.4 Å². The van der Waals surface area contributed by atoms with Gasteiger partial charge in [0.05, 0.1) is 5.56 Å². The normalized spacial score (nSPS) is 14.2. The number of fused-ring (bicyclic) bond motifs is 1. The van der Waals surface area contributed by atoms with E-state index in [0.717, 1.165) is 16.4 Å². The van der Waals surface area contributed by atoms with Crippen molar-refractivity contribution in [2.45, 2.75) is 19.0 Å².